The molecule has 2 aromatic carbocycles. The van der Waals surface area contributed by atoms with E-state index in [0.29, 0.717) is 29.1 Å². The van der Waals surface area contributed by atoms with Crippen molar-refractivity contribution >= 4 is 22.2 Å². The molecule has 0 aromatic heterocycles. The van der Waals surface area contributed by atoms with E-state index in [1.54, 1.807) is 30.3 Å². The highest BCUT2D eigenvalue weighted by Crippen LogP contribution is 2.31. The molecule has 2 rings (SSSR count). The second kappa shape index (κ2) is 6.08. The molecule has 0 saturated heterocycles. The lowest BCUT2D eigenvalue weighted by Crippen LogP contribution is -2.06. The van der Waals surface area contributed by atoms with Gasteiger partial charge in [0.15, 0.2) is 0 Å². The molecule has 21 heavy (non-hydrogen) atoms. The molecule has 0 aliphatic rings. The molecule has 0 saturated carbocycles. The minimum atomic E-state index is -4.51. The third kappa shape index (κ3) is 4.23. The third-order valence-corrected chi connectivity index (χ3v) is 4.74. The van der Waals surface area contributed by atoms with E-state index >= 15 is 0 Å². The lowest BCUT2D eigenvalue weighted by atomic mass is 10.2. The quantitative estimate of drug-likeness (QED) is 0.789. The summed E-state index contributed by atoms with van der Waals surface area (Å²) in [6.45, 7) is 0. The fraction of sp³-hybridized carbons (Fsp3) is 0.0769. The molecule has 0 N–H and O–H groups in total. The van der Waals surface area contributed by atoms with Crippen LogP contribution in [0.2, 0.25) is 0 Å². The molecule has 0 spiro atoms. The molecular formula is C13H9F3O3S2. The van der Waals surface area contributed by atoms with Crippen LogP contribution in [0.1, 0.15) is 5.56 Å². The largest absolute Gasteiger partial charge is 0.416 e. The van der Waals surface area contributed by atoms with Crippen molar-refractivity contribution in [2.45, 2.75) is 16.0 Å². The first kappa shape index (κ1) is 15.9. The van der Waals surface area contributed by atoms with Gasteiger partial charge in [-0.05, 0) is 36.4 Å². The fourth-order valence-electron chi connectivity index (χ4n) is 1.41. The Hall–Kier alpha value is -1.51. The van der Waals surface area contributed by atoms with Gasteiger partial charge in [0.05, 0.1) is 10.5 Å². The summed E-state index contributed by atoms with van der Waals surface area (Å²) in [5.74, 6) is 0. The predicted octanol–water partition coefficient (Wildman–Crippen LogP) is 4.12. The smallest absolute Gasteiger partial charge is 0.193 e. The first-order valence-electron chi connectivity index (χ1n) is 5.62. The van der Waals surface area contributed by atoms with Crippen molar-refractivity contribution in [3.05, 3.63) is 60.2 Å². The zero-order chi connectivity index (χ0) is 15.5. The molecule has 0 radical (unpaired) electrons. The molecule has 3 nitrogen and oxygen atoms in total. The average Bonchev–Trinajstić information content (AvgIpc) is 2.46. The zero-order valence-corrected chi connectivity index (χ0v) is 12.0. The van der Waals surface area contributed by atoms with E-state index in [1.165, 1.54) is 0 Å². The fourth-order valence-corrected chi connectivity index (χ4v) is 3.13. The Labute approximate surface area is 124 Å². The molecule has 0 bridgehead atoms. The lowest BCUT2D eigenvalue weighted by Gasteiger charge is -2.08. The van der Waals surface area contributed by atoms with Gasteiger partial charge in [-0.15, -0.1) is 0 Å². The predicted molar refractivity (Wildman–Crippen MR) is 72.0 cm³/mol. The van der Waals surface area contributed by atoms with Crippen LogP contribution in [0.25, 0.3) is 0 Å². The van der Waals surface area contributed by atoms with Gasteiger partial charge in [-0.25, -0.2) is 0 Å². The Morgan fingerprint density at radius 1 is 0.905 bits per heavy atom. The Morgan fingerprint density at radius 2 is 1.48 bits per heavy atom. The second-order valence-corrected chi connectivity index (χ2v) is 6.50. The van der Waals surface area contributed by atoms with Crippen LogP contribution in [-0.4, -0.2) is 8.42 Å². The van der Waals surface area contributed by atoms with Crippen molar-refractivity contribution in [1.82, 2.24) is 0 Å². The van der Waals surface area contributed by atoms with Crippen molar-refractivity contribution in [2.75, 3.05) is 0 Å². The van der Waals surface area contributed by atoms with Gasteiger partial charge < -0.3 is 0 Å². The number of rotatable bonds is 4. The van der Waals surface area contributed by atoms with Crippen molar-refractivity contribution in [2.24, 2.45) is 0 Å². The van der Waals surface area contributed by atoms with E-state index in [1.807, 2.05) is 0 Å². The monoisotopic (exact) mass is 334 g/mol. The molecule has 0 fully saturated rings. The zero-order valence-electron chi connectivity index (χ0n) is 10.4. The van der Waals surface area contributed by atoms with Crippen molar-refractivity contribution in [3.63, 3.8) is 0 Å². The molecule has 0 aliphatic heterocycles. The van der Waals surface area contributed by atoms with E-state index in [2.05, 4.69) is 0 Å². The number of benzene rings is 2. The van der Waals surface area contributed by atoms with Crippen LogP contribution >= 0.6 is 12.0 Å². The van der Waals surface area contributed by atoms with Gasteiger partial charge in [0, 0.05) is 16.9 Å². The van der Waals surface area contributed by atoms with E-state index < -0.39 is 21.9 Å². The summed E-state index contributed by atoms with van der Waals surface area (Å²) < 4.78 is 65.6. The minimum absolute atomic E-state index is 0.334. The van der Waals surface area contributed by atoms with Gasteiger partial charge in [-0.2, -0.15) is 25.2 Å². The van der Waals surface area contributed by atoms with Gasteiger partial charge in [0.25, 0.3) is 0 Å². The van der Waals surface area contributed by atoms with Gasteiger partial charge in [-0.3, -0.25) is 0 Å². The van der Waals surface area contributed by atoms with Crippen LogP contribution in [0.15, 0.2) is 64.4 Å². The van der Waals surface area contributed by atoms with E-state index in [9.17, 15) is 21.6 Å². The summed E-state index contributed by atoms with van der Waals surface area (Å²) in [6, 6.07) is 11.6. The standard InChI is InChI=1S/C13H9F3O3S2/c14-13(15,16)10-6-8-12(9-7-10)21(17,18)19-20-11-4-2-1-3-5-11/h1-9H. The molecule has 0 unspecified atom stereocenters. The van der Waals surface area contributed by atoms with Gasteiger partial charge in [0.2, 0.25) is 0 Å². The Morgan fingerprint density at radius 3 is 2.00 bits per heavy atom. The highest BCUT2D eigenvalue weighted by atomic mass is 32.3. The maximum atomic E-state index is 12.4. The summed E-state index contributed by atoms with van der Waals surface area (Å²) in [5.41, 5.74) is -0.919. The first-order chi connectivity index (χ1) is 9.79. The molecule has 0 atom stereocenters. The van der Waals surface area contributed by atoms with E-state index in [-0.39, 0.29) is 4.90 Å². The molecule has 8 heteroatoms. The maximum absolute atomic E-state index is 12.4. The van der Waals surface area contributed by atoms with Crippen LogP contribution in [-0.2, 0) is 19.9 Å². The maximum Gasteiger partial charge on any atom is 0.416 e. The van der Waals surface area contributed by atoms with Gasteiger partial charge in [0.1, 0.15) is 0 Å². The van der Waals surface area contributed by atoms with Crippen molar-refractivity contribution < 1.29 is 25.2 Å². The summed E-state index contributed by atoms with van der Waals surface area (Å²) in [7, 11) is -4.13. The Kier molecular flexibility index (Phi) is 4.60. The topological polar surface area (TPSA) is 43.4 Å². The molecule has 0 aliphatic carbocycles. The molecular weight excluding hydrogens is 325 g/mol. The Bertz CT molecular complexity index is 696. The van der Waals surface area contributed by atoms with Crippen molar-refractivity contribution in [1.29, 1.82) is 0 Å². The molecule has 0 heterocycles. The van der Waals surface area contributed by atoms with Crippen LogP contribution in [0.5, 0.6) is 0 Å². The normalized spacial score (nSPS) is 12.3. The van der Waals surface area contributed by atoms with Crippen LogP contribution in [0, 0.1) is 0 Å². The van der Waals surface area contributed by atoms with E-state index in [4.69, 9.17) is 3.63 Å². The number of halogens is 3. The summed E-state index contributed by atoms with van der Waals surface area (Å²) >= 11 is 0.622. The number of hydrogen-bond donors (Lipinski definition) is 0. The number of hydrogen-bond acceptors (Lipinski definition) is 4. The van der Waals surface area contributed by atoms with Crippen LogP contribution in [0.4, 0.5) is 13.2 Å². The summed E-state index contributed by atoms with van der Waals surface area (Å²) in [5, 5.41) is 0. The molecule has 0 amide bonds. The third-order valence-electron chi connectivity index (χ3n) is 2.43. The highest BCUT2D eigenvalue weighted by molar-refractivity contribution is 8.04. The van der Waals surface area contributed by atoms with E-state index in [0.717, 1.165) is 12.1 Å². The summed E-state index contributed by atoms with van der Waals surface area (Å²) in [4.78, 5) is 0.229. The SMILES string of the molecule is O=S(=O)(OSc1ccccc1)c1ccc(C(F)(F)F)cc1. The second-order valence-electron chi connectivity index (χ2n) is 3.94. The van der Waals surface area contributed by atoms with Gasteiger partial charge >= 0.3 is 16.3 Å². The molecule has 112 valence electrons. The number of alkyl halides is 3. The lowest BCUT2D eigenvalue weighted by molar-refractivity contribution is -0.137. The molecule has 2 aromatic rings. The first-order valence-corrected chi connectivity index (χ1v) is 7.77. The van der Waals surface area contributed by atoms with Gasteiger partial charge in [-0.1, -0.05) is 18.2 Å². The van der Waals surface area contributed by atoms with Crippen LogP contribution in [0.3, 0.4) is 0 Å². The summed E-state index contributed by atoms with van der Waals surface area (Å²) in [6.07, 6.45) is -4.51. The van der Waals surface area contributed by atoms with Crippen LogP contribution < -0.4 is 0 Å². The average molecular weight is 334 g/mol. The van der Waals surface area contributed by atoms with Crippen molar-refractivity contribution in [3.8, 4) is 0 Å². The Balaban J connectivity index is 2.13. The minimum Gasteiger partial charge on any atom is -0.193 e. The highest BCUT2D eigenvalue weighted by Gasteiger charge is 2.30.